The third-order valence-corrected chi connectivity index (χ3v) is 2.89. The number of aromatic hydroxyl groups is 1. The van der Waals surface area contributed by atoms with Gasteiger partial charge >= 0.3 is 0 Å². The number of rotatable bonds is 3. The van der Waals surface area contributed by atoms with Gasteiger partial charge in [0.15, 0.2) is 5.78 Å². The van der Waals surface area contributed by atoms with E-state index in [-0.39, 0.29) is 30.1 Å². The number of hydrogen-bond acceptors (Lipinski definition) is 3. The predicted molar refractivity (Wildman–Crippen MR) is 60.6 cm³/mol. The van der Waals surface area contributed by atoms with Crippen LogP contribution in [0.4, 0.5) is 0 Å². The summed E-state index contributed by atoms with van der Waals surface area (Å²) in [4.78, 5) is 11.7. The van der Waals surface area contributed by atoms with Gasteiger partial charge in [-0.15, -0.1) is 0 Å². The Morgan fingerprint density at radius 1 is 1.53 bits per heavy atom. The minimum atomic E-state index is -0.172. The van der Waals surface area contributed by atoms with Gasteiger partial charge < -0.3 is 10.8 Å². The molecule has 0 saturated heterocycles. The Morgan fingerprint density at radius 3 is 2.67 bits per heavy atom. The summed E-state index contributed by atoms with van der Waals surface area (Å²) < 4.78 is 0. The molecule has 0 aliphatic rings. The van der Waals surface area contributed by atoms with E-state index < -0.39 is 0 Å². The monoisotopic (exact) mass is 227 g/mol. The molecule has 0 unspecified atom stereocenters. The summed E-state index contributed by atoms with van der Waals surface area (Å²) in [5.74, 6) is -0.192. The predicted octanol–water partition coefficient (Wildman–Crippen LogP) is 2.19. The zero-order valence-corrected chi connectivity index (χ0v) is 9.56. The zero-order valence-electron chi connectivity index (χ0n) is 8.80. The van der Waals surface area contributed by atoms with E-state index in [1.807, 2.05) is 0 Å². The number of hydrogen-bond donors (Lipinski definition) is 2. The van der Waals surface area contributed by atoms with Gasteiger partial charge in [0.2, 0.25) is 0 Å². The Balaban J connectivity index is 3.29. The number of aryl methyl sites for hydroxylation is 1. The van der Waals surface area contributed by atoms with E-state index in [9.17, 15) is 9.90 Å². The largest absolute Gasteiger partial charge is 0.507 e. The van der Waals surface area contributed by atoms with Crippen molar-refractivity contribution in [1.82, 2.24) is 0 Å². The van der Waals surface area contributed by atoms with E-state index >= 15 is 0 Å². The Labute approximate surface area is 93.9 Å². The van der Waals surface area contributed by atoms with Crippen LogP contribution in [-0.2, 0) is 0 Å². The third kappa shape index (κ3) is 2.30. The highest BCUT2D eigenvalue weighted by molar-refractivity contribution is 6.32. The Morgan fingerprint density at radius 2 is 2.13 bits per heavy atom. The van der Waals surface area contributed by atoms with Gasteiger partial charge in [0, 0.05) is 11.4 Å². The van der Waals surface area contributed by atoms with Crippen molar-refractivity contribution in [2.75, 3.05) is 6.54 Å². The fourth-order valence-corrected chi connectivity index (χ4v) is 1.70. The second-order valence-electron chi connectivity index (χ2n) is 3.49. The molecule has 0 atom stereocenters. The van der Waals surface area contributed by atoms with Crippen LogP contribution in [0, 0.1) is 13.8 Å². The average molecular weight is 228 g/mol. The van der Waals surface area contributed by atoms with E-state index in [0.29, 0.717) is 10.6 Å². The number of Topliss-reactive ketones (excluding diaryl/α,β-unsaturated/α-hetero) is 1. The minimum Gasteiger partial charge on any atom is -0.507 e. The average Bonchev–Trinajstić information content (AvgIpc) is 2.15. The quantitative estimate of drug-likeness (QED) is 0.779. The second kappa shape index (κ2) is 4.64. The third-order valence-electron chi connectivity index (χ3n) is 2.31. The molecule has 0 heterocycles. The minimum absolute atomic E-state index is 0.0205. The van der Waals surface area contributed by atoms with Crippen molar-refractivity contribution in [3.63, 3.8) is 0 Å². The van der Waals surface area contributed by atoms with Crippen molar-refractivity contribution in [3.05, 3.63) is 27.8 Å². The van der Waals surface area contributed by atoms with Crippen LogP contribution in [0.15, 0.2) is 6.07 Å². The molecule has 1 aromatic carbocycles. The van der Waals surface area contributed by atoms with Crippen LogP contribution in [-0.4, -0.2) is 17.4 Å². The van der Waals surface area contributed by atoms with Crippen molar-refractivity contribution in [2.24, 2.45) is 5.73 Å². The number of phenols is 1. The molecule has 3 nitrogen and oxygen atoms in total. The fraction of sp³-hybridized carbons (Fsp3) is 0.364. The standard InChI is InChI=1S/C11H14ClNO2/c1-6-5-9(15)10(7(2)11(6)12)8(14)3-4-13/h5,15H,3-4,13H2,1-2H3. The number of carbonyl (C=O) groups is 1. The smallest absolute Gasteiger partial charge is 0.168 e. The number of ketones is 1. The highest BCUT2D eigenvalue weighted by atomic mass is 35.5. The molecular weight excluding hydrogens is 214 g/mol. The molecular formula is C11H14ClNO2. The van der Waals surface area contributed by atoms with Crippen LogP contribution in [0.1, 0.15) is 27.9 Å². The van der Waals surface area contributed by atoms with Gasteiger partial charge in [0.25, 0.3) is 0 Å². The first-order chi connectivity index (χ1) is 6.99. The van der Waals surface area contributed by atoms with Crippen molar-refractivity contribution >= 4 is 17.4 Å². The number of benzene rings is 1. The van der Waals surface area contributed by atoms with E-state index in [1.54, 1.807) is 13.8 Å². The van der Waals surface area contributed by atoms with Gasteiger partial charge in [0.1, 0.15) is 5.75 Å². The number of phenolic OH excluding ortho intramolecular Hbond substituents is 1. The first-order valence-corrected chi connectivity index (χ1v) is 5.08. The maximum absolute atomic E-state index is 11.7. The van der Waals surface area contributed by atoms with Crippen molar-refractivity contribution in [1.29, 1.82) is 0 Å². The van der Waals surface area contributed by atoms with Gasteiger partial charge in [0.05, 0.1) is 5.56 Å². The molecule has 82 valence electrons. The fourth-order valence-electron chi connectivity index (χ4n) is 1.55. The van der Waals surface area contributed by atoms with Crippen molar-refractivity contribution < 1.29 is 9.90 Å². The maximum Gasteiger partial charge on any atom is 0.168 e. The van der Waals surface area contributed by atoms with Crippen LogP contribution < -0.4 is 5.73 Å². The molecule has 0 saturated carbocycles. The summed E-state index contributed by atoms with van der Waals surface area (Å²) in [6.45, 7) is 3.77. The lowest BCUT2D eigenvalue weighted by molar-refractivity contribution is 0.0982. The van der Waals surface area contributed by atoms with Crippen LogP contribution >= 0.6 is 11.6 Å². The van der Waals surface area contributed by atoms with Crippen molar-refractivity contribution in [2.45, 2.75) is 20.3 Å². The lowest BCUT2D eigenvalue weighted by Crippen LogP contribution is -2.10. The van der Waals surface area contributed by atoms with Gasteiger partial charge in [-0.3, -0.25) is 4.79 Å². The molecule has 3 N–H and O–H groups in total. The Kier molecular flexibility index (Phi) is 3.72. The molecule has 0 bridgehead atoms. The Hall–Kier alpha value is -1.06. The topological polar surface area (TPSA) is 63.3 Å². The Bertz CT molecular complexity index is 402. The highest BCUT2D eigenvalue weighted by Crippen LogP contribution is 2.31. The zero-order chi connectivity index (χ0) is 11.6. The van der Waals surface area contributed by atoms with Gasteiger partial charge in [-0.1, -0.05) is 11.6 Å². The van der Waals surface area contributed by atoms with Gasteiger partial charge in [-0.05, 0) is 37.6 Å². The lowest BCUT2D eigenvalue weighted by atomic mass is 9.99. The molecule has 0 aliphatic heterocycles. The van der Waals surface area contributed by atoms with Crippen LogP contribution in [0.3, 0.4) is 0 Å². The van der Waals surface area contributed by atoms with Crippen molar-refractivity contribution in [3.8, 4) is 5.75 Å². The van der Waals surface area contributed by atoms with E-state index in [4.69, 9.17) is 17.3 Å². The lowest BCUT2D eigenvalue weighted by Gasteiger charge is -2.10. The molecule has 0 aliphatic carbocycles. The molecule has 4 heteroatoms. The molecule has 1 rings (SSSR count). The van der Waals surface area contributed by atoms with E-state index in [2.05, 4.69) is 0 Å². The molecule has 0 spiro atoms. The van der Waals surface area contributed by atoms with Crippen LogP contribution in [0.25, 0.3) is 0 Å². The molecule has 0 fully saturated rings. The van der Waals surface area contributed by atoms with E-state index in [1.165, 1.54) is 6.07 Å². The highest BCUT2D eigenvalue weighted by Gasteiger charge is 2.17. The summed E-state index contributed by atoms with van der Waals surface area (Å²) in [7, 11) is 0. The van der Waals surface area contributed by atoms with Gasteiger partial charge in [-0.25, -0.2) is 0 Å². The molecule has 0 radical (unpaired) electrons. The van der Waals surface area contributed by atoms with Crippen LogP contribution in [0.2, 0.25) is 5.02 Å². The number of nitrogens with two attached hydrogens (primary N) is 1. The summed E-state index contributed by atoms with van der Waals surface area (Å²) in [5, 5.41) is 10.2. The summed E-state index contributed by atoms with van der Waals surface area (Å²) in [5.41, 5.74) is 6.97. The normalized spacial score (nSPS) is 10.4. The summed E-state index contributed by atoms with van der Waals surface area (Å²) in [6.07, 6.45) is 0.216. The summed E-state index contributed by atoms with van der Waals surface area (Å²) in [6, 6.07) is 1.50. The van der Waals surface area contributed by atoms with Gasteiger partial charge in [-0.2, -0.15) is 0 Å². The molecule has 15 heavy (non-hydrogen) atoms. The second-order valence-corrected chi connectivity index (χ2v) is 3.87. The number of carbonyl (C=O) groups excluding carboxylic acids is 1. The number of halogens is 1. The molecule has 0 aromatic heterocycles. The SMILES string of the molecule is Cc1cc(O)c(C(=O)CCN)c(C)c1Cl. The molecule has 0 amide bonds. The first kappa shape index (κ1) is 12.0. The summed E-state index contributed by atoms with van der Waals surface area (Å²) >= 11 is 6.00. The molecule has 1 aromatic rings. The van der Waals surface area contributed by atoms with Crippen LogP contribution in [0.5, 0.6) is 5.75 Å². The maximum atomic E-state index is 11.7. The van der Waals surface area contributed by atoms with E-state index in [0.717, 1.165) is 5.56 Å². The first-order valence-electron chi connectivity index (χ1n) is 4.71.